The lowest BCUT2D eigenvalue weighted by atomic mass is 9.99. The summed E-state index contributed by atoms with van der Waals surface area (Å²) in [5, 5.41) is 16.7. The highest BCUT2D eigenvalue weighted by Crippen LogP contribution is 2.42. The molecule has 2 aliphatic rings. The molecule has 1 unspecified atom stereocenters. The summed E-state index contributed by atoms with van der Waals surface area (Å²) in [7, 11) is 3.64. The van der Waals surface area contributed by atoms with Crippen molar-refractivity contribution >= 4 is 33.4 Å². The van der Waals surface area contributed by atoms with Gasteiger partial charge < -0.3 is 10.0 Å². The first-order chi connectivity index (χ1) is 22.1. The van der Waals surface area contributed by atoms with E-state index in [0.717, 1.165) is 40.9 Å². The minimum absolute atomic E-state index is 0.0985. The van der Waals surface area contributed by atoms with Crippen molar-refractivity contribution in [2.75, 3.05) is 33.7 Å². The Labute approximate surface area is 268 Å². The molecule has 0 bridgehead atoms. The first-order valence-corrected chi connectivity index (χ1v) is 15.8. The number of aliphatic hydroxyl groups excluding tert-OH is 1. The number of carbonyl (C=O) groups is 1. The van der Waals surface area contributed by atoms with Gasteiger partial charge in [-0.15, -0.1) is 11.3 Å². The van der Waals surface area contributed by atoms with Crippen LogP contribution in [0.1, 0.15) is 35.5 Å². The number of aliphatic hydroxyl groups is 1. The Morgan fingerprint density at radius 2 is 2.07 bits per heavy atom. The number of rotatable bonds is 8. The third-order valence-electron chi connectivity index (χ3n) is 8.58. The summed E-state index contributed by atoms with van der Waals surface area (Å²) in [6.07, 6.45) is 4.93. The molecule has 1 amide bonds. The van der Waals surface area contributed by atoms with E-state index in [4.69, 9.17) is 15.1 Å². The number of thiophene rings is 1. The lowest BCUT2D eigenvalue weighted by Crippen LogP contribution is -2.42. The summed E-state index contributed by atoms with van der Waals surface area (Å²) in [6, 6.07) is 3.43. The number of nitrogens with zero attached hydrogens (tertiary/aromatic N) is 7. The molecule has 46 heavy (non-hydrogen) atoms. The second kappa shape index (κ2) is 12.9. The molecule has 0 fully saturated rings. The maximum Gasteiger partial charge on any atom is 0.246 e. The third-order valence-corrected chi connectivity index (χ3v) is 9.56. The Balaban J connectivity index is 1.50. The van der Waals surface area contributed by atoms with Crippen molar-refractivity contribution in [2.24, 2.45) is 0 Å². The van der Waals surface area contributed by atoms with E-state index >= 15 is 4.39 Å². The lowest BCUT2D eigenvalue weighted by Gasteiger charge is -2.33. The van der Waals surface area contributed by atoms with Crippen LogP contribution in [-0.2, 0) is 24.3 Å². The van der Waals surface area contributed by atoms with Crippen LogP contribution in [0.2, 0.25) is 0 Å². The van der Waals surface area contributed by atoms with Crippen LogP contribution in [-0.4, -0.2) is 85.4 Å². The zero-order chi connectivity index (χ0) is 32.7. The van der Waals surface area contributed by atoms with E-state index in [2.05, 4.69) is 11.5 Å². The first kappa shape index (κ1) is 31.8. The van der Waals surface area contributed by atoms with Crippen molar-refractivity contribution in [2.45, 2.75) is 38.7 Å². The Morgan fingerprint density at radius 3 is 2.80 bits per heavy atom. The van der Waals surface area contributed by atoms with E-state index in [9.17, 15) is 18.7 Å². The Kier molecular flexibility index (Phi) is 8.92. The zero-order valence-corrected chi connectivity index (χ0v) is 26.6. The second-order valence-corrected chi connectivity index (χ2v) is 12.6. The van der Waals surface area contributed by atoms with Gasteiger partial charge in [-0.05, 0) is 50.9 Å². The molecule has 4 aromatic heterocycles. The third kappa shape index (κ3) is 5.91. The van der Waals surface area contributed by atoms with Crippen LogP contribution in [0.3, 0.4) is 0 Å². The first-order valence-electron chi connectivity index (χ1n) is 14.9. The number of fused-ring (bicyclic) bond motifs is 3. The molecule has 13 heteroatoms. The highest BCUT2D eigenvalue weighted by molar-refractivity contribution is 7.17. The molecule has 0 spiro atoms. The summed E-state index contributed by atoms with van der Waals surface area (Å²) >= 11 is 1.10. The van der Waals surface area contributed by atoms with Gasteiger partial charge in [-0.1, -0.05) is 6.58 Å². The predicted molar refractivity (Wildman–Crippen MR) is 172 cm³/mol. The number of aromatic nitrogens is 4. The van der Waals surface area contributed by atoms with E-state index < -0.39 is 17.9 Å². The van der Waals surface area contributed by atoms with Crippen LogP contribution in [0.15, 0.2) is 54.6 Å². The Morgan fingerprint density at radius 1 is 1.26 bits per heavy atom. The largest absolute Gasteiger partial charge is 0.377 e. The summed E-state index contributed by atoms with van der Waals surface area (Å²) in [6.45, 7) is 8.11. The number of hydrogen-bond donors (Lipinski definition) is 1. The molecular formula is C33H34F3N7O2S. The molecule has 1 N–H and O–H groups in total. The van der Waals surface area contributed by atoms with Crippen molar-refractivity contribution in [3.63, 3.8) is 0 Å². The van der Waals surface area contributed by atoms with Crippen LogP contribution in [0.4, 0.5) is 13.2 Å². The number of halogens is 3. The molecule has 0 aromatic carbocycles. The normalized spacial score (nSPS) is 18.0. The topological polar surface area (TPSA) is 90.6 Å². The SMILES string of the molecule is C=CC(=O)N1CCn2nc(-c3nc(-c4cnc5c(c4)CN(CC(O)N(C)C)CC5)c4c(F)csc4c3C=C(F)/C=C/F)cc2[C@H]1C. The monoisotopic (exact) mass is 649 g/mol. The summed E-state index contributed by atoms with van der Waals surface area (Å²) < 4.78 is 45.6. The van der Waals surface area contributed by atoms with Gasteiger partial charge in [0.2, 0.25) is 5.91 Å². The Hall–Kier alpha value is -4.17. The van der Waals surface area contributed by atoms with Crippen LogP contribution >= 0.6 is 11.3 Å². The molecule has 0 radical (unpaired) electrons. The highest BCUT2D eigenvalue weighted by Gasteiger charge is 2.30. The van der Waals surface area contributed by atoms with Gasteiger partial charge in [-0.2, -0.15) is 5.10 Å². The molecule has 9 nitrogen and oxygen atoms in total. The van der Waals surface area contributed by atoms with E-state index in [-0.39, 0.29) is 34.9 Å². The maximum absolute atomic E-state index is 15.6. The van der Waals surface area contributed by atoms with Crippen molar-refractivity contribution in [3.05, 3.63) is 82.9 Å². The zero-order valence-electron chi connectivity index (χ0n) is 25.8. The van der Waals surface area contributed by atoms with Crippen LogP contribution < -0.4 is 0 Å². The van der Waals surface area contributed by atoms with Gasteiger partial charge >= 0.3 is 0 Å². The van der Waals surface area contributed by atoms with Crippen LogP contribution in [0, 0.1) is 5.82 Å². The smallest absolute Gasteiger partial charge is 0.246 e. The van der Waals surface area contributed by atoms with Gasteiger partial charge in [0, 0.05) is 71.8 Å². The number of carbonyl (C=O) groups excluding carboxylic acids is 1. The Bertz CT molecular complexity index is 1880. The fraction of sp³-hybridized carbons (Fsp3) is 0.333. The molecule has 4 aromatic rings. The van der Waals surface area contributed by atoms with Gasteiger partial charge in [0.1, 0.15) is 29.3 Å². The number of likely N-dealkylation sites (N-methyl/N-ethyl adjacent to an activating group) is 1. The molecule has 6 heterocycles. The molecule has 2 aliphatic heterocycles. The quantitative estimate of drug-likeness (QED) is 0.154. The van der Waals surface area contributed by atoms with Crippen LogP contribution in [0.5, 0.6) is 0 Å². The summed E-state index contributed by atoms with van der Waals surface area (Å²) in [4.78, 5) is 27.7. The number of hydrogen-bond acceptors (Lipinski definition) is 8. The molecule has 240 valence electrons. The van der Waals surface area contributed by atoms with Gasteiger partial charge in [0.15, 0.2) is 0 Å². The standard InChI is InChI=1S/C33H34F3N7O2S/c1-5-28(44)42-10-11-43-27(19(42)2)14-26(39-43)32-23(13-22(35)6-8-34)33-30(24(36)18-46-33)31(38-32)20-12-21-16-41(17-29(45)40(3)4)9-7-25(21)37-15-20/h5-6,8,12-15,18-19,29,45H,1,7,9-11,16-17H2,2-4H3/b8-6+,22-13?/t19-,29?/m1/s1. The van der Waals surface area contributed by atoms with Gasteiger partial charge in [0.05, 0.1) is 35.7 Å². The fourth-order valence-corrected chi connectivity index (χ4v) is 7.01. The predicted octanol–water partition coefficient (Wildman–Crippen LogP) is 5.48. The molecular weight excluding hydrogens is 615 g/mol. The van der Waals surface area contributed by atoms with Gasteiger partial charge in [0.25, 0.3) is 0 Å². The second-order valence-electron chi connectivity index (χ2n) is 11.7. The minimum atomic E-state index is -0.871. The van der Waals surface area contributed by atoms with Crippen LogP contribution in [0.25, 0.3) is 38.8 Å². The fourth-order valence-electron chi connectivity index (χ4n) is 6.08. The molecule has 0 saturated carbocycles. The number of pyridine rings is 2. The van der Waals surface area contributed by atoms with Crippen molar-refractivity contribution < 1.29 is 23.1 Å². The van der Waals surface area contributed by atoms with E-state index in [1.54, 1.807) is 26.7 Å². The van der Waals surface area contributed by atoms with Gasteiger partial charge in [-0.3, -0.25) is 24.3 Å². The summed E-state index contributed by atoms with van der Waals surface area (Å²) in [5.41, 5.74) is 4.49. The molecule has 6 rings (SSSR count). The van der Waals surface area contributed by atoms with Crippen molar-refractivity contribution in [1.29, 1.82) is 0 Å². The molecule has 0 aliphatic carbocycles. The maximum atomic E-state index is 15.6. The highest BCUT2D eigenvalue weighted by atomic mass is 32.1. The van der Waals surface area contributed by atoms with Gasteiger partial charge in [-0.25, -0.2) is 18.2 Å². The van der Waals surface area contributed by atoms with E-state index in [1.165, 1.54) is 11.5 Å². The van der Waals surface area contributed by atoms with Crippen molar-refractivity contribution in [3.8, 4) is 22.6 Å². The number of amides is 1. The van der Waals surface area contributed by atoms with E-state index in [0.29, 0.717) is 60.3 Å². The lowest BCUT2D eigenvalue weighted by molar-refractivity contribution is -0.129. The average Bonchev–Trinajstić information content (AvgIpc) is 3.65. The summed E-state index contributed by atoms with van der Waals surface area (Å²) in [5.74, 6) is -1.59. The number of allylic oxidation sites excluding steroid dienone is 2. The molecule has 0 saturated heterocycles. The van der Waals surface area contributed by atoms with Crippen molar-refractivity contribution in [1.82, 2.24) is 34.4 Å². The minimum Gasteiger partial charge on any atom is -0.377 e. The van der Waals surface area contributed by atoms with E-state index in [1.807, 2.05) is 27.1 Å². The average molecular weight is 650 g/mol. The molecule has 2 atom stereocenters. The number of β-amino-alcohol motifs (C(OH)–C–C–N with tert-alkyl or cyclic N) is 1.